The first-order valence-corrected chi connectivity index (χ1v) is 8.32. The maximum absolute atomic E-state index is 12.4. The molecule has 1 aromatic carbocycles. The van der Waals surface area contributed by atoms with Crippen molar-refractivity contribution in [3.63, 3.8) is 0 Å². The second-order valence-electron chi connectivity index (χ2n) is 6.12. The van der Waals surface area contributed by atoms with Crippen LogP contribution in [0.5, 0.6) is 5.75 Å². The first-order chi connectivity index (χ1) is 11.6. The van der Waals surface area contributed by atoms with Gasteiger partial charge in [-0.15, -0.1) is 0 Å². The summed E-state index contributed by atoms with van der Waals surface area (Å²) in [5.74, 6) is 0.0433. The molecular formula is C17H23N3O4. The van der Waals surface area contributed by atoms with Crippen molar-refractivity contribution in [2.24, 2.45) is 0 Å². The fraction of sp³-hybridized carbons (Fsp3) is 0.529. The van der Waals surface area contributed by atoms with Gasteiger partial charge in [-0.2, -0.15) is 0 Å². The molecule has 2 aliphatic heterocycles. The molecule has 2 amide bonds. The molecule has 130 valence electrons. The van der Waals surface area contributed by atoms with E-state index in [0.29, 0.717) is 51.3 Å². The molecule has 1 aromatic rings. The Balaban J connectivity index is 1.50. The summed E-state index contributed by atoms with van der Waals surface area (Å²) in [5.41, 5.74) is 0.469. The number of hydrogen-bond acceptors (Lipinski definition) is 5. The average Bonchev–Trinajstić information content (AvgIpc) is 2.62. The number of carbonyl (C=O) groups excluding carboxylic acids is 2. The highest BCUT2D eigenvalue weighted by Gasteiger charge is 2.27. The number of ether oxygens (including phenoxy) is 1. The molecule has 7 nitrogen and oxygen atoms in total. The van der Waals surface area contributed by atoms with Gasteiger partial charge in [0.2, 0.25) is 5.91 Å². The van der Waals surface area contributed by atoms with Crippen molar-refractivity contribution in [1.82, 2.24) is 15.1 Å². The normalized spacial score (nSPS) is 21.6. The summed E-state index contributed by atoms with van der Waals surface area (Å²) in [5, 5.41) is 12.7. The molecule has 1 atom stereocenters. The number of amides is 2. The van der Waals surface area contributed by atoms with Gasteiger partial charge in [0, 0.05) is 44.8 Å². The van der Waals surface area contributed by atoms with E-state index in [-0.39, 0.29) is 23.7 Å². The van der Waals surface area contributed by atoms with E-state index in [1.54, 1.807) is 21.9 Å². The smallest absolute Gasteiger partial charge is 0.254 e. The van der Waals surface area contributed by atoms with E-state index in [1.165, 1.54) is 12.1 Å². The van der Waals surface area contributed by atoms with Gasteiger partial charge < -0.3 is 25.0 Å². The van der Waals surface area contributed by atoms with Crippen molar-refractivity contribution in [2.75, 3.05) is 45.9 Å². The molecule has 0 radical (unpaired) electrons. The van der Waals surface area contributed by atoms with Crippen LogP contribution in [-0.4, -0.2) is 78.7 Å². The molecule has 0 saturated carbocycles. The number of nitrogens with zero attached hydrogens (tertiary/aromatic N) is 2. The van der Waals surface area contributed by atoms with Crippen molar-refractivity contribution in [2.45, 2.75) is 12.5 Å². The monoisotopic (exact) mass is 333 g/mol. The summed E-state index contributed by atoms with van der Waals surface area (Å²) >= 11 is 0. The Morgan fingerprint density at radius 1 is 1.21 bits per heavy atom. The van der Waals surface area contributed by atoms with E-state index in [4.69, 9.17) is 4.74 Å². The van der Waals surface area contributed by atoms with E-state index in [9.17, 15) is 14.7 Å². The Kier molecular flexibility index (Phi) is 5.32. The molecular weight excluding hydrogens is 310 g/mol. The van der Waals surface area contributed by atoms with E-state index in [2.05, 4.69) is 5.32 Å². The third kappa shape index (κ3) is 4.04. The topological polar surface area (TPSA) is 82.1 Å². The van der Waals surface area contributed by atoms with E-state index >= 15 is 0 Å². The van der Waals surface area contributed by atoms with Crippen LogP contribution in [0.4, 0.5) is 0 Å². The minimum absolute atomic E-state index is 0.0572. The van der Waals surface area contributed by atoms with Crippen LogP contribution in [0.15, 0.2) is 24.3 Å². The maximum Gasteiger partial charge on any atom is 0.254 e. The van der Waals surface area contributed by atoms with Crippen molar-refractivity contribution in [3.05, 3.63) is 29.8 Å². The molecule has 2 saturated heterocycles. The summed E-state index contributed by atoms with van der Waals surface area (Å²) in [6.07, 6.45) is 0.325. The first-order valence-electron chi connectivity index (χ1n) is 8.32. The molecule has 0 aromatic heterocycles. The van der Waals surface area contributed by atoms with Crippen LogP contribution < -0.4 is 5.32 Å². The van der Waals surface area contributed by atoms with Crippen molar-refractivity contribution >= 4 is 11.8 Å². The fourth-order valence-corrected chi connectivity index (χ4v) is 3.06. The molecule has 1 unspecified atom stereocenters. The highest BCUT2D eigenvalue weighted by atomic mass is 16.5. The summed E-state index contributed by atoms with van der Waals surface area (Å²) in [6.45, 7) is 4.26. The number of phenolic OH excluding ortho intramolecular Hbond substituents is 1. The zero-order valence-corrected chi connectivity index (χ0v) is 13.6. The minimum Gasteiger partial charge on any atom is -0.508 e. The lowest BCUT2D eigenvalue weighted by molar-refractivity contribution is -0.136. The first kappa shape index (κ1) is 16.7. The van der Waals surface area contributed by atoms with Crippen LogP contribution >= 0.6 is 0 Å². The zero-order valence-electron chi connectivity index (χ0n) is 13.6. The second-order valence-corrected chi connectivity index (χ2v) is 6.12. The lowest BCUT2D eigenvalue weighted by Gasteiger charge is -2.35. The largest absolute Gasteiger partial charge is 0.508 e. The van der Waals surface area contributed by atoms with Gasteiger partial charge in [-0.1, -0.05) is 6.07 Å². The SMILES string of the molecule is O=C(CC1CNCCO1)N1CCN(C(=O)c2cccc(O)c2)CC1. The number of carbonyl (C=O) groups is 2. The second kappa shape index (κ2) is 7.63. The van der Waals surface area contributed by atoms with E-state index < -0.39 is 0 Å². The molecule has 0 bridgehead atoms. The van der Waals surface area contributed by atoms with E-state index in [0.717, 1.165) is 6.54 Å². The van der Waals surface area contributed by atoms with Gasteiger partial charge in [0.15, 0.2) is 0 Å². The Bertz CT molecular complexity index is 593. The quantitative estimate of drug-likeness (QED) is 0.817. The minimum atomic E-state index is -0.113. The van der Waals surface area contributed by atoms with Crippen LogP contribution in [0, 0.1) is 0 Å². The average molecular weight is 333 g/mol. The van der Waals surface area contributed by atoms with Crippen LogP contribution in [0.25, 0.3) is 0 Å². The van der Waals surface area contributed by atoms with Crippen molar-refractivity contribution in [3.8, 4) is 5.75 Å². The van der Waals surface area contributed by atoms with Crippen LogP contribution in [0.3, 0.4) is 0 Å². The van der Waals surface area contributed by atoms with Crippen molar-refractivity contribution < 1.29 is 19.4 Å². The molecule has 2 heterocycles. The highest BCUT2D eigenvalue weighted by Crippen LogP contribution is 2.15. The number of morpholine rings is 1. The number of hydrogen-bond donors (Lipinski definition) is 2. The highest BCUT2D eigenvalue weighted by molar-refractivity contribution is 5.94. The fourth-order valence-electron chi connectivity index (χ4n) is 3.06. The van der Waals surface area contributed by atoms with Gasteiger partial charge in [0.25, 0.3) is 5.91 Å². The standard InChI is InChI=1S/C17H23N3O4/c21-14-3-1-2-13(10-14)17(23)20-7-5-19(6-8-20)16(22)11-15-12-18-4-9-24-15/h1-3,10,15,18,21H,4-9,11-12H2. The number of nitrogens with one attached hydrogen (secondary N) is 1. The summed E-state index contributed by atoms with van der Waals surface area (Å²) in [4.78, 5) is 28.3. The number of phenols is 1. The number of rotatable bonds is 3. The molecule has 3 rings (SSSR count). The third-order valence-electron chi connectivity index (χ3n) is 4.42. The maximum atomic E-state index is 12.4. The summed E-state index contributed by atoms with van der Waals surface area (Å²) < 4.78 is 5.57. The van der Waals surface area contributed by atoms with Crippen LogP contribution in [0.1, 0.15) is 16.8 Å². The Morgan fingerprint density at radius 2 is 1.96 bits per heavy atom. The Labute approximate surface area is 141 Å². The van der Waals surface area contributed by atoms with Gasteiger partial charge in [-0.05, 0) is 18.2 Å². The summed E-state index contributed by atoms with van der Waals surface area (Å²) in [7, 11) is 0. The predicted molar refractivity (Wildman–Crippen MR) is 87.8 cm³/mol. The van der Waals surface area contributed by atoms with Gasteiger partial charge in [0.05, 0.1) is 19.1 Å². The lowest BCUT2D eigenvalue weighted by atomic mass is 10.1. The van der Waals surface area contributed by atoms with E-state index in [1.807, 2.05) is 0 Å². The molecule has 2 aliphatic rings. The summed E-state index contributed by atoms with van der Waals surface area (Å²) in [6, 6.07) is 6.34. The van der Waals surface area contributed by atoms with Crippen molar-refractivity contribution in [1.29, 1.82) is 0 Å². The van der Waals surface area contributed by atoms with Gasteiger partial charge in [-0.25, -0.2) is 0 Å². The molecule has 7 heteroatoms. The number of benzene rings is 1. The lowest BCUT2D eigenvalue weighted by Crippen LogP contribution is -2.51. The molecule has 2 fully saturated rings. The number of piperazine rings is 1. The van der Waals surface area contributed by atoms with Gasteiger partial charge in [-0.3, -0.25) is 9.59 Å². The number of aromatic hydroxyl groups is 1. The third-order valence-corrected chi connectivity index (χ3v) is 4.42. The zero-order chi connectivity index (χ0) is 16.9. The predicted octanol–water partition coefficient (Wildman–Crippen LogP) is 0.0551. The van der Waals surface area contributed by atoms with Gasteiger partial charge >= 0.3 is 0 Å². The van der Waals surface area contributed by atoms with Gasteiger partial charge in [0.1, 0.15) is 5.75 Å². The molecule has 24 heavy (non-hydrogen) atoms. The van der Waals surface area contributed by atoms with Crippen LogP contribution in [-0.2, 0) is 9.53 Å². The molecule has 0 aliphatic carbocycles. The Hall–Kier alpha value is -2.12. The Morgan fingerprint density at radius 3 is 2.62 bits per heavy atom. The molecule has 0 spiro atoms. The van der Waals surface area contributed by atoms with Crippen LogP contribution in [0.2, 0.25) is 0 Å². The molecule has 2 N–H and O–H groups in total.